The summed E-state index contributed by atoms with van der Waals surface area (Å²) in [5, 5.41) is 6.54. The monoisotopic (exact) mass is 498 g/mol. The molecule has 3 aliphatic heterocycles. The first-order chi connectivity index (χ1) is 16.5. The lowest BCUT2D eigenvalue weighted by Crippen LogP contribution is -2.32. The minimum atomic E-state index is -0.00197. The van der Waals surface area contributed by atoms with Crippen LogP contribution in [-0.4, -0.2) is 37.6 Å². The van der Waals surface area contributed by atoms with Crippen LogP contribution in [0.3, 0.4) is 0 Å². The molecular formula is C26H35ClN6O2. The number of anilines is 1. The van der Waals surface area contributed by atoms with Crippen molar-refractivity contribution in [2.24, 2.45) is 5.92 Å². The van der Waals surface area contributed by atoms with Crippen LogP contribution in [-0.2, 0) is 24.3 Å². The third-order valence-electron chi connectivity index (χ3n) is 7.24. The van der Waals surface area contributed by atoms with Crippen molar-refractivity contribution in [3.8, 4) is 11.5 Å². The zero-order chi connectivity index (χ0) is 23.7. The molecule has 1 aromatic rings. The SMILES string of the molecule is CCCn1c2nc(C3CCC(CNC(C)=O)CC3)nc-2c2n(c1=O)C[C@@H](Cc1ccccc1)N2.Cl. The Morgan fingerprint density at radius 2 is 1.89 bits per heavy atom. The fourth-order valence-corrected chi connectivity index (χ4v) is 5.47. The van der Waals surface area contributed by atoms with Crippen LogP contribution in [0.1, 0.15) is 63.3 Å². The lowest BCUT2D eigenvalue weighted by atomic mass is 9.81. The summed E-state index contributed by atoms with van der Waals surface area (Å²) < 4.78 is 3.67. The van der Waals surface area contributed by atoms with Crippen molar-refractivity contribution < 1.29 is 4.79 Å². The maximum atomic E-state index is 13.4. The van der Waals surface area contributed by atoms with E-state index in [2.05, 4.69) is 41.8 Å². The van der Waals surface area contributed by atoms with E-state index in [-0.39, 0.29) is 30.0 Å². The van der Waals surface area contributed by atoms with E-state index < -0.39 is 0 Å². The highest BCUT2D eigenvalue weighted by Gasteiger charge is 2.33. The molecule has 5 rings (SSSR count). The molecule has 0 aromatic heterocycles. The Morgan fingerprint density at radius 1 is 1.14 bits per heavy atom. The fraction of sp³-hybridized carbons (Fsp3) is 0.538. The van der Waals surface area contributed by atoms with Crippen LogP contribution < -0.4 is 16.3 Å². The van der Waals surface area contributed by atoms with Gasteiger partial charge in [-0.15, -0.1) is 12.4 Å². The van der Waals surface area contributed by atoms with Crippen molar-refractivity contribution in [3.63, 3.8) is 0 Å². The van der Waals surface area contributed by atoms with E-state index in [1.54, 1.807) is 6.92 Å². The Hall–Kier alpha value is -2.87. The van der Waals surface area contributed by atoms with E-state index in [9.17, 15) is 9.59 Å². The standard InChI is InChI=1S/C26H34N6O2.ClH/c1-3-13-31-25-22(29-23(30-25)20-11-9-19(10-12-20)15-27-17(2)33)24-28-21(16-32(24)26(31)34)14-18-7-5-4-6-8-18;/h4-8,19-21,28H,3,9-16H2,1-2H3,(H,27,33);1H/t19?,20?,21-;/m1./s1. The zero-order valence-electron chi connectivity index (χ0n) is 20.5. The molecule has 3 heterocycles. The van der Waals surface area contributed by atoms with Gasteiger partial charge in [-0.25, -0.2) is 14.8 Å². The van der Waals surface area contributed by atoms with Crippen molar-refractivity contribution in [2.75, 3.05) is 11.9 Å². The summed E-state index contributed by atoms with van der Waals surface area (Å²) in [6, 6.07) is 10.5. The van der Waals surface area contributed by atoms with Crippen LogP contribution in [0.4, 0.5) is 5.82 Å². The van der Waals surface area contributed by atoms with E-state index in [1.807, 2.05) is 15.2 Å². The van der Waals surface area contributed by atoms with Gasteiger partial charge < -0.3 is 10.6 Å². The summed E-state index contributed by atoms with van der Waals surface area (Å²) in [4.78, 5) is 34.6. The number of carbonyl (C=O) groups excluding carboxylic acids is 1. The van der Waals surface area contributed by atoms with Gasteiger partial charge in [0.2, 0.25) is 5.91 Å². The highest BCUT2D eigenvalue weighted by molar-refractivity contribution is 5.85. The third-order valence-corrected chi connectivity index (χ3v) is 7.24. The summed E-state index contributed by atoms with van der Waals surface area (Å²) in [6.07, 6.45) is 5.86. The Bertz CT molecular complexity index is 1180. The summed E-state index contributed by atoms with van der Waals surface area (Å²) >= 11 is 0. The molecule has 1 fully saturated rings. The highest BCUT2D eigenvalue weighted by Crippen LogP contribution is 2.38. The van der Waals surface area contributed by atoms with Crippen LogP contribution in [0.5, 0.6) is 0 Å². The molecule has 1 atom stereocenters. The van der Waals surface area contributed by atoms with E-state index in [1.165, 1.54) is 5.56 Å². The van der Waals surface area contributed by atoms with E-state index >= 15 is 0 Å². The first kappa shape index (κ1) is 25.2. The van der Waals surface area contributed by atoms with Gasteiger partial charge in [-0.3, -0.25) is 13.9 Å². The lowest BCUT2D eigenvalue weighted by Gasteiger charge is -2.26. The lowest BCUT2D eigenvalue weighted by molar-refractivity contribution is -0.119. The molecule has 0 spiro atoms. The fourth-order valence-electron chi connectivity index (χ4n) is 5.47. The Balaban J connectivity index is 0.00000289. The minimum Gasteiger partial charge on any atom is -0.365 e. The molecule has 188 valence electrons. The maximum absolute atomic E-state index is 13.4. The molecule has 1 saturated carbocycles. The van der Waals surface area contributed by atoms with Gasteiger partial charge >= 0.3 is 5.69 Å². The second-order valence-electron chi connectivity index (χ2n) is 9.83. The van der Waals surface area contributed by atoms with E-state index in [4.69, 9.17) is 9.97 Å². The second kappa shape index (κ2) is 10.8. The topological polar surface area (TPSA) is 93.8 Å². The molecule has 0 unspecified atom stereocenters. The predicted molar refractivity (Wildman–Crippen MR) is 139 cm³/mol. The summed E-state index contributed by atoms with van der Waals surface area (Å²) in [5.41, 5.74) is 2.07. The van der Waals surface area contributed by atoms with Gasteiger partial charge in [0.1, 0.15) is 17.3 Å². The smallest absolute Gasteiger partial charge is 0.331 e. The predicted octanol–water partition coefficient (Wildman–Crippen LogP) is 3.82. The molecule has 0 radical (unpaired) electrons. The van der Waals surface area contributed by atoms with Crippen LogP contribution >= 0.6 is 12.4 Å². The Morgan fingerprint density at radius 3 is 2.57 bits per heavy atom. The summed E-state index contributed by atoms with van der Waals surface area (Å²) in [5.74, 6) is 3.23. The number of hydrogen-bond acceptors (Lipinski definition) is 5. The first-order valence-electron chi connectivity index (χ1n) is 12.6. The third kappa shape index (κ3) is 5.22. The van der Waals surface area contributed by atoms with Gasteiger partial charge in [0.15, 0.2) is 5.82 Å². The quantitative estimate of drug-likeness (QED) is 0.516. The molecule has 0 saturated heterocycles. The first-order valence-corrected chi connectivity index (χ1v) is 12.6. The van der Waals surface area contributed by atoms with Gasteiger partial charge in [0.25, 0.3) is 0 Å². The average molecular weight is 499 g/mol. The number of benzene rings is 1. The van der Waals surface area contributed by atoms with E-state index in [0.717, 1.165) is 62.4 Å². The molecule has 1 aliphatic carbocycles. The average Bonchev–Trinajstić information content (AvgIpc) is 3.46. The molecule has 9 heteroatoms. The largest absolute Gasteiger partial charge is 0.365 e. The molecule has 1 amide bonds. The number of aromatic nitrogens is 4. The molecular weight excluding hydrogens is 464 g/mol. The molecule has 2 N–H and O–H groups in total. The van der Waals surface area contributed by atoms with Crippen molar-refractivity contribution in [1.29, 1.82) is 0 Å². The van der Waals surface area contributed by atoms with Gasteiger partial charge in [-0.05, 0) is 50.0 Å². The number of halogens is 1. The number of imidazole rings is 1. The molecule has 1 aromatic carbocycles. The summed E-state index contributed by atoms with van der Waals surface area (Å²) in [7, 11) is 0. The van der Waals surface area contributed by atoms with Gasteiger partial charge in [-0.1, -0.05) is 37.3 Å². The number of nitrogens with zero attached hydrogens (tertiary/aromatic N) is 4. The van der Waals surface area contributed by atoms with Crippen molar-refractivity contribution in [2.45, 2.75) is 77.4 Å². The van der Waals surface area contributed by atoms with Crippen molar-refractivity contribution >= 4 is 24.1 Å². The number of carbonyl (C=O) groups is 1. The number of nitrogens with one attached hydrogen (secondary N) is 2. The zero-order valence-corrected chi connectivity index (χ0v) is 21.3. The highest BCUT2D eigenvalue weighted by atomic mass is 35.5. The summed E-state index contributed by atoms with van der Waals surface area (Å²) in [6.45, 7) is 5.68. The number of rotatable bonds is 7. The van der Waals surface area contributed by atoms with Crippen LogP contribution in [0.2, 0.25) is 0 Å². The number of hydrogen-bond donors (Lipinski definition) is 2. The van der Waals surface area contributed by atoms with Gasteiger partial charge in [0.05, 0.1) is 0 Å². The van der Waals surface area contributed by atoms with E-state index in [0.29, 0.717) is 30.7 Å². The Kier molecular flexibility index (Phi) is 7.79. The molecule has 35 heavy (non-hydrogen) atoms. The number of fused-ring (bicyclic) bond motifs is 3. The second-order valence-corrected chi connectivity index (χ2v) is 9.83. The van der Waals surface area contributed by atoms with Crippen LogP contribution in [0.25, 0.3) is 11.5 Å². The van der Waals surface area contributed by atoms with Crippen molar-refractivity contribution in [3.05, 3.63) is 52.2 Å². The molecule has 8 nitrogen and oxygen atoms in total. The van der Waals surface area contributed by atoms with Crippen molar-refractivity contribution in [1.82, 2.24) is 24.4 Å². The van der Waals surface area contributed by atoms with Crippen LogP contribution in [0.15, 0.2) is 35.1 Å². The van der Waals surface area contributed by atoms with Crippen LogP contribution in [0, 0.1) is 5.92 Å². The van der Waals surface area contributed by atoms with Gasteiger partial charge in [-0.2, -0.15) is 0 Å². The number of amides is 1. The Labute approximate surface area is 212 Å². The molecule has 4 aliphatic rings. The normalized spacial score (nSPS) is 21.3. The maximum Gasteiger partial charge on any atom is 0.331 e. The minimum absolute atomic E-state index is 0. The van der Waals surface area contributed by atoms with Gasteiger partial charge in [0, 0.05) is 38.5 Å². The molecule has 0 bridgehead atoms.